The van der Waals surface area contributed by atoms with Crippen LogP contribution in [0.3, 0.4) is 0 Å². The molecule has 3 nitrogen and oxygen atoms in total. The van der Waals surface area contributed by atoms with Crippen molar-refractivity contribution in [3.8, 4) is 0 Å². The number of halogens is 2. The Morgan fingerprint density at radius 3 is 2.53 bits per heavy atom. The molecule has 0 saturated carbocycles. The Morgan fingerprint density at radius 2 is 2.00 bits per heavy atom. The first-order valence-corrected chi connectivity index (χ1v) is 6.00. The van der Waals surface area contributed by atoms with Crippen LogP contribution in [0.4, 0.5) is 0 Å². The molecule has 0 saturated heterocycles. The Bertz CT molecular complexity index is 367. The van der Waals surface area contributed by atoms with Crippen molar-refractivity contribution in [1.29, 1.82) is 0 Å². The highest BCUT2D eigenvalue weighted by Crippen LogP contribution is 2.11. The molecule has 0 aliphatic heterocycles. The van der Waals surface area contributed by atoms with E-state index >= 15 is 0 Å². The number of ether oxygens (including phenoxy) is 1. The molecule has 94 valence electrons. The first-order valence-electron chi connectivity index (χ1n) is 5.18. The van der Waals surface area contributed by atoms with E-state index in [9.17, 15) is 4.79 Å². The third-order valence-electron chi connectivity index (χ3n) is 2.26. The maximum absolute atomic E-state index is 12.0. The Kier molecular flexibility index (Phi) is 5.75. The van der Waals surface area contributed by atoms with Crippen molar-refractivity contribution in [3.05, 3.63) is 34.9 Å². The standard InChI is InChI=1S/C12H15Cl2NO2/c1-15(7-11(14)8-17-2)12(16)9-3-5-10(13)6-4-9/h3-6,11H,7-8H2,1-2H3. The summed E-state index contributed by atoms with van der Waals surface area (Å²) < 4.78 is 4.92. The maximum Gasteiger partial charge on any atom is 0.253 e. The van der Waals surface area contributed by atoms with Gasteiger partial charge in [0.05, 0.1) is 12.0 Å². The second kappa shape index (κ2) is 6.84. The zero-order valence-electron chi connectivity index (χ0n) is 9.82. The first kappa shape index (κ1) is 14.3. The lowest BCUT2D eigenvalue weighted by Crippen LogP contribution is -2.33. The summed E-state index contributed by atoms with van der Waals surface area (Å²) in [5.41, 5.74) is 0.596. The van der Waals surface area contributed by atoms with Crippen molar-refractivity contribution in [3.63, 3.8) is 0 Å². The van der Waals surface area contributed by atoms with E-state index in [-0.39, 0.29) is 11.3 Å². The summed E-state index contributed by atoms with van der Waals surface area (Å²) in [4.78, 5) is 13.5. The van der Waals surface area contributed by atoms with E-state index in [0.717, 1.165) is 0 Å². The number of methoxy groups -OCH3 is 1. The molecule has 1 unspecified atom stereocenters. The average molecular weight is 276 g/mol. The number of nitrogens with zero attached hydrogens (tertiary/aromatic N) is 1. The van der Waals surface area contributed by atoms with E-state index in [1.54, 1.807) is 43.3 Å². The summed E-state index contributed by atoms with van der Waals surface area (Å²) in [5.74, 6) is -0.0802. The predicted molar refractivity (Wildman–Crippen MR) is 69.9 cm³/mol. The molecule has 0 heterocycles. The van der Waals surface area contributed by atoms with E-state index < -0.39 is 0 Å². The smallest absolute Gasteiger partial charge is 0.253 e. The van der Waals surface area contributed by atoms with Gasteiger partial charge in [-0.25, -0.2) is 0 Å². The summed E-state index contributed by atoms with van der Waals surface area (Å²) in [7, 11) is 3.29. The summed E-state index contributed by atoms with van der Waals surface area (Å²) in [5, 5.41) is 0.403. The molecule has 0 radical (unpaired) electrons. The molecule has 0 aliphatic rings. The highest BCUT2D eigenvalue weighted by Gasteiger charge is 2.15. The van der Waals surface area contributed by atoms with Gasteiger partial charge in [-0.1, -0.05) is 11.6 Å². The molecule has 1 rings (SSSR count). The van der Waals surface area contributed by atoms with Crippen LogP contribution < -0.4 is 0 Å². The number of alkyl halides is 1. The van der Waals surface area contributed by atoms with Gasteiger partial charge in [-0.15, -0.1) is 11.6 Å². The number of amides is 1. The van der Waals surface area contributed by atoms with E-state index in [1.807, 2.05) is 0 Å². The van der Waals surface area contributed by atoms with Crippen LogP contribution in [-0.2, 0) is 4.74 Å². The molecule has 0 aliphatic carbocycles. The van der Waals surface area contributed by atoms with E-state index in [2.05, 4.69) is 0 Å². The van der Waals surface area contributed by atoms with Gasteiger partial charge in [-0.3, -0.25) is 4.79 Å². The fourth-order valence-corrected chi connectivity index (χ4v) is 1.89. The van der Waals surface area contributed by atoms with Crippen LogP contribution in [-0.4, -0.2) is 43.5 Å². The van der Waals surface area contributed by atoms with Gasteiger partial charge in [0.2, 0.25) is 0 Å². The zero-order valence-corrected chi connectivity index (χ0v) is 11.3. The Labute approximate surface area is 111 Å². The Morgan fingerprint density at radius 1 is 1.41 bits per heavy atom. The predicted octanol–water partition coefficient (Wildman–Crippen LogP) is 2.67. The highest BCUT2D eigenvalue weighted by molar-refractivity contribution is 6.30. The van der Waals surface area contributed by atoms with Gasteiger partial charge < -0.3 is 9.64 Å². The fraction of sp³-hybridized carbons (Fsp3) is 0.417. The van der Waals surface area contributed by atoms with Gasteiger partial charge in [0, 0.05) is 31.3 Å². The topological polar surface area (TPSA) is 29.5 Å². The Hall–Kier alpha value is -0.770. The third kappa shape index (κ3) is 4.54. The van der Waals surface area contributed by atoms with Crippen LogP contribution in [0.25, 0.3) is 0 Å². The lowest BCUT2D eigenvalue weighted by atomic mass is 10.2. The molecular formula is C12H15Cl2NO2. The van der Waals surface area contributed by atoms with Crippen molar-refractivity contribution in [1.82, 2.24) is 4.90 Å². The largest absolute Gasteiger partial charge is 0.383 e. The van der Waals surface area contributed by atoms with E-state index in [0.29, 0.717) is 23.7 Å². The average Bonchev–Trinajstić information content (AvgIpc) is 2.29. The van der Waals surface area contributed by atoms with Gasteiger partial charge in [-0.2, -0.15) is 0 Å². The van der Waals surface area contributed by atoms with E-state index in [4.69, 9.17) is 27.9 Å². The van der Waals surface area contributed by atoms with Crippen molar-refractivity contribution >= 4 is 29.1 Å². The number of hydrogen-bond acceptors (Lipinski definition) is 2. The fourth-order valence-electron chi connectivity index (χ4n) is 1.43. The molecule has 0 bridgehead atoms. The molecule has 5 heteroatoms. The molecule has 1 atom stereocenters. The molecule has 17 heavy (non-hydrogen) atoms. The molecule has 0 N–H and O–H groups in total. The molecule has 1 aromatic carbocycles. The normalized spacial score (nSPS) is 12.2. The molecule has 1 aromatic rings. The van der Waals surface area contributed by atoms with Gasteiger partial charge >= 0.3 is 0 Å². The molecule has 1 amide bonds. The molecule has 0 aromatic heterocycles. The van der Waals surface area contributed by atoms with Crippen LogP contribution in [0.15, 0.2) is 24.3 Å². The lowest BCUT2D eigenvalue weighted by molar-refractivity contribution is 0.0781. The summed E-state index contributed by atoms with van der Waals surface area (Å²) in [6.45, 7) is 0.858. The summed E-state index contributed by atoms with van der Waals surface area (Å²) in [6.07, 6.45) is 0. The van der Waals surface area contributed by atoms with E-state index in [1.165, 1.54) is 0 Å². The first-order chi connectivity index (χ1) is 8.04. The second-order valence-corrected chi connectivity index (χ2v) is 4.80. The van der Waals surface area contributed by atoms with Crippen molar-refractivity contribution in [2.24, 2.45) is 0 Å². The highest BCUT2D eigenvalue weighted by atomic mass is 35.5. The molecule has 0 fully saturated rings. The summed E-state index contributed by atoms with van der Waals surface area (Å²) in [6, 6.07) is 6.77. The molecule has 0 spiro atoms. The summed E-state index contributed by atoms with van der Waals surface area (Å²) >= 11 is 11.8. The van der Waals surface area contributed by atoms with Gasteiger partial charge in [-0.05, 0) is 24.3 Å². The van der Waals surface area contributed by atoms with Crippen molar-refractivity contribution in [2.75, 3.05) is 27.3 Å². The van der Waals surface area contributed by atoms with Crippen molar-refractivity contribution < 1.29 is 9.53 Å². The lowest BCUT2D eigenvalue weighted by Gasteiger charge is -2.20. The molecular weight excluding hydrogens is 261 g/mol. The van der Waals surface area contributed by atoms with Crippen molar-refractivity contribution in [2.45, 2.75) is 5.38 Å². The van der Waals surface area contributed by atoms with Crippen LogP contribution in [0.1, 0.15) is 10.4 Å². The third-order valence-corrected chi connectivity index (χ3v) is 2.77. The zero-order chi connectivity index (χ0) is 12.8. The monoisotopic (exact) mass is 275 g/mol. The number of benzene rings is 1. The minimum absolute atomic E-state index is 0.0802. The maximum atomic E-state index is 12.0. The van der Waals surface area contributed by atoms with Crippen LogP contribution in [0, 0.1) is 0 Å². The van der Waals surface area contributed by atoms with Crippen LogP contribution in [0.2, 0.25) is 5.02 Å². The number of hydrogen-bond donors (Lipinski definition) is 0. The second-order valence-electron chi connectivity index (χ2n) is 3.75. The minimum Gasteiger partial charge on any atom is -0.383 e. The number of carbonyl (C=O) groups excluding carboxylic acids is 1. The number of carbonyl (C=O) groups is 1. The van der Waals surface area contributed by atoms with Gasteiger partial charge in [0.15, 0.2) is 0 Å². The van der Waals surface area contributed by atoms with Gasteiger partial charge in [0.25, 0.3) is 5.91 Å². The van der Waals surface area contributed by atoms with Gasteiger partial charge in [0.1, 0.15) is 0 Å². The minimum atomic E-state index is -0.207. The number of rotatable bonds is 5. The quantitative estimate of drug-likeness (QED) is 0.774. The van der Waals surface area contributed by atoms with Crippen LogP contribution in [0.5, 0.6) is 0 Å². The SMILES string of the molecule is COCC(Cl)CN(C)C(=O)c1ccc(Cl)cc1. The Balaban J connectivity index is 2.60. The van der Waals surface area contributed by atoms with Crippen LogP contribution >= 0.6 is 23.2 Å².